The molecule has 70 valence electrons. The first-order valence-corrected chi connectivity index (χ1v) is 3.70. The van der Waals surface area contributed by atoms with Gasteiger partial charge in [0.2, 0.25) is 0 Å². The van der Waals surface area contributed by atoms with Gasteiger partial charge in [0.05, 0.1) is 13.8 Å². The van der Waals surface area contributed by atoms with E-state index in [1.807, 2.05) is 0 Å². The predicted octanol–water partition coefficient (Wildman–Crippen LogP) is -1.39. The van der Waals surface area contributed by atoms with Gasteiger partial charge >= 0.3 is 5.97 Å². The van der Waals surface area contributed by atoms with Gasteiger partial charge in [0, 0.05) is 13.0 Å². The molecule has 0 saturated carbocycles. The Bertz CT molecular complexity index is 133. The van der Waals surface area contributed by atoms with Crippen LogP contribution in [0.15, 0.2) is 0 Å². The minimum Gasteiger partial charge on any atom is -0.469 e. The van der Waals surface area contributed by atoms with E-state index in [4.69, 9.17) is 15.5 Å². The molecular formula is C6H14BNO4. The number of hydrogen-bond acceptors (Lipinski definition) is 5. The van der Waals surface area contributed by atoms with Crippen molar-refractivity contribution in [2.75, 3.05) is 20.4 Å². The van der Waals surface area contributed by atoms with Gasteiger partial charge in [0.15, 0.2) is 0 Å². The molecule has 0 bridgehead atoms. The molecule has 0 aromatic carbocycles. The van der Waals surface area contributed by atoms with Crippen LogP contribution in [-0.2, 0) is 14.2 Å². The highest BCUT2D eigenvalue weighted by Crippen LogP contribution is 2.08. The average Bonchev–Trinajstić information content (AvgIpc) is 2.11. The van der Waals surface area contributed by atoms with Crippen molar-refractivity contribution in [1.29, 1.82) is 0 Å². The molecule has 0 fully saturated rings. The first kappa shape index (κ1) is 11.4. The summed E-state index contributed by atoms with van der Waals surface area (Å²) in [5.74, 6) is -0.573. The van der Waals surface area contributed by atoms with Crippen LogP contribution in [0.3, 0.4) is 0 Å². The van der Waals surface area contributed by atoms with Crippen molar-refractivity contribution in [1.82, 2.24) is 0 Å². The smallest absolute Gasteiger partial charge is 0.305 e. The molecule has 0 aromatic heterocycles. The van der Waals surface area contributed by atoms with Crippen LogP contribution in [0.2, 0.25) is 5.82 Å². The van der Waals surface area contributed by atoms with E-state index in [0.29, 0.717) is 0 Å². The number of carbonyl (C=O) groups excluding carboxylic acids is 1. The predicted molar refractivity (Wildman–Crippen MR) is 44.8 cm³/mol. The second-order valence-corrected chi connectivity index (χ2v) is 2.37. The van der Waals surface area contributed by atoms with Crippen molar-refractivity contribution < 1.29 is 19.3 Å². The highest BCUT2D eigenvalue weighted by Gasteiger charge is 2.14. The summed E-state index contributed by atoms with van der Waals surface area (Å²) in [7, 11) is 1.59. The van der Waals surface area contributed by atoms with Crippen LogP contribution in [-0.4, -0.2) is 39.0 Å². The van der Waals surface area contributed by atoms with Gasteiger partial charge < -0.3 is 20.2 Å². The molecule has 0 unspecified atom stereocenters. The normalized spacial score (nSPS) is 12.2. The number of esters is 1. The zero-order chi connectivity index (χ0) is 9.40. The molecule has 5 nitrogen and oxygen atoms in total. The fraction of sp³-hybridized carbons (Fsp3) is 0.833. The van der Waals surface area contributed by atoms with E-state index in [0.717, 1.165) is 0 Å². The standard InChI is InChI=1S/C6H14BNO4/c1-11-6(10)2-5(3-9)7-12-4-8/h5,7,9H,2-4,8H2,1H3/t5-/m0/s1. The maximum Gasteiger partial charge on any atom is 0.305 e. The van der Waals surface area contributed by atoms with Crippen LogP contribution in [0.25, 0.3) is 0 Å². The van der Waals surface area contributed by atoms with Gasteiger partial charge in [-0.25, -0.2) is 0 Å². The third kappa shape index (κ3) is 5.12. The summed E-state index contributed by atoms with van der Waals surface area (Å²) in [6, 6.07) is 0. The molecule has 6 heteroatoms. The molecule has 0 aliphatic carbocycles. The molecule has 0 heterocycles. The summed E-state index contributed by atoms with van der Waals surface area (Å²) in [6.07, 6.45) is 0.160. The molecule has 0 saturated heterocycles. The minimum atomic E-state index is -0.352. The Hall–Kier alpha value is -0.585. The lowest BCUT2D eigenvalue weighted by Crippen LogP contribution is -2.19. The molecule has 0 radical (unpaired) electrons. The first-order chi connectivity index (χ1) is 5.74. The molecule has 0 aliphatic heterocycles. The Morgan fingerprint density at radius 1 is 1.75 bits per heavy atom. The van der Waals surface area contributed by atoms with Crippen LogP contribution in [0, 0.1) is 0 Å². The Morgan fingerprint density at radius 2 is 2.42 bits per heavy atom. The number of rotatable bonds is 6. The lowest BCUT2D eigenvalue weighted by molar-refractivity contribution is -0.140. The van der Waals surface area contributed by atoms with Crippen LogP contribution < -0.4 is 5.73 Å². The number of nitrogens with two attached hydrogens (primary N) is 1. The Balaban J connectivity index is 3.59. The van der Waals surface area contributed by atoms with E-state index < -0.39 is 0 Å². The number of methoxy groups -OCH3 is 1. The van der Waals surface area contributed by atoms with Crippen molar-refractivity contribution in [3.63, 3.8) is 0 Å². The second-order valence-electron chi connectivity index (χ2n) is 2.37. The molecule has 0 aliphatic rings. The molecule has 0 aromatic rings. The molecule has 0 amide bonds. The van der Waals surface area contributed by atoms with Crippen LogP contribution in [0.1, 0.15) is 6.42 Å². The third-order valence-corrected chi connectivity index (χ3v) is 1.41. The summed E-state index contributed by atoms with van der Waals surface area (Å²) < 4.78 is 9.27. The van der Waals surface area contributed by atoms with Gasteiger partial charge in [0.25, 0.3) is 7.48 Å². The van der Waals surface area contributed by atoms with E-state index in [-0.39, 0.29) is 39.0 Å². The molecule has 12 heavy (non-hydrogen) atoms. The number of ether oxygens (including phenoxy) is 1. The Morgan fingerprint density at radius 3 is 2.83 bits per heavy atom. The van der Waals surface area contributed by atoms with Crippen molar-refractivity contribution in [3.05, 3.63) is 0 Å². The van der Waals surface area contributed by atoms with Gasteiger partial charge in [-0.1, -0.05) is 0 Å². The summed E-state index contributed by atoms with van der Waals surface area (Å²) in [5.41, 5.74) is 5.07. The number of aliphatic hydroxyl groups excluding tert-OH is 1. The summed E-state index contributed by atoms with van der Waals surface area (Å²) in [5, 5.41) is 8.77. The zero-order valence-corrected chi connectivity index (χ0v) is 7.16. The molecule has 0 rings (SSSR count). The summed E-state index contributed by atoms with van der Waals surface area (Å²) in [4.78, 5) is 10.7. The molecular weight excluding hydrogens is 161 g/mol. The lowest BCUT2D eigenvalue weighted by atomic mass is 9.78. The van der Waals surface area contributed by atoms with Crippen LogP contribution in [0.4, 0.5) is 0 Å². The van der Waals surface area contributed by atoms with Gasteiger partial charge in [0.1, 0.15) is 0 Å². The lowest BCUT2D eigenvalue weighted by Gasteiger charge is -2.09. The largest absolute Gasteiger partial charge is 0.469 e. The van der Waals surface area contributed by atoms with Crippen LogP contribution >= 0.6 is 0 Å². The number of carbonyl (C=O) groups is 1. The van der Waals surface area contributed by atoms with E-state index in [9.17, 15) is 4.79 Å². The third-order valence-electron chi connectivity index (χ3n) is 1.41. The zero-order valence-electron chi connectivity index (χ0n) is 7.16. The quantitative estimate of drug-likeness (QED) is 0.295. The SMILES string of the molecule is COC(=O)C[C@H](BOCN)CO. The van der Waals surface area contributed by atoms with Gasteiger partial charge in [-0.2, -0.15) is 0 Å². The number of hydrogen-bond donors (Lipinski definition) is 2. The fourth-order valence-corrected chi connectivity index (χ4v) is 0.730. The molecule has 1 atom stereocenters. The maximum absolute atomic E-state index is 10.7. The van der Waals surface area contributed by atoms with Gasteiger partial charge in [-0.05, 0) is 5.82 Å². The van der Waals surface area contributed by atoms with E-state index >= 15 is 0 Å². The Kier molecular flexibility index (Phi) is 6.74. The topological polar surface area (TPSA) is 81.8 Å². The second kappa shape index (κ2) is 7.09. The first-order valence-electron chi connectivity index (χ1n) is 3.70. The monoisotopic (exact) mass is 175 g/mol. The average molecular weight is 175 g/mol. The Labute approximate surface area is 72.1 Å². The van der Waals surface area contributed by atoms with Crippen molar-refractivity contribution in [2.45, 2.75) is 12.2 Å². The highest BCUT2D eigenvalue weighted by atomic mass is 16.5. The fourth-order valence-electron chi connectivity index (χ4n) is 0.730. The summed E-state index contributed by atoms with van der Waals surface area (Å²) in [6.45, 7) is -0.00717. The van der Waals surface area contributed by atoms with E-state index in [1.165, 1.54) is 7.11 Å². The molecule has 3 N–H and O–H groups in total. The summed E-state index contributed by atoms with van der Waals surface area (Å²) >= 11 is 0. The maximum atomic E-state index is 10.7. The van der Waals surface area contributed by atoms with Crippen molar-refractivity contribution >= 4 is 13.5 Å². The van der Waals surface area contributed by atoms with Gasteiger partial charge in [-0.3, -0.25) is 4.79 Å². The highest BCUT2D eigenvalue weighted by molar-refractivity contribution is 6.30. The van der Waals surface area contributed by atoms with Crippen molar-refractivity contribution in [3.8, 4) is 0 Å². The van der Waals surface area contributed by atoms with Gasteiger partial charge in [-0.15, -0.1) is 0 Å². The van der Waals surface area contributed by atoms with E-state index in [1.54, 1.807) is 0 Å². The van der Waals surface area contributed by atoms with Crippen molar-refractivity contribution in [2.24, 2.45) is 5.73 Å². The molecule has 0 spiro atoms. The number of aliphatic hydroxyl groups is 1. The van der Waals surface area contributed by atoms with Crippen LogP contribution in [0.5, 0.6) is 0 Å². The minimum absolute atomic E-state index is 0.0949. The van der Waals surface area contributed by atoms with E-state index in [2.05, 4.69) is 4.74 Å².